The highest BCUT2D eigenvalue weighted by molar-refractivity contribution is 9.10. The van der Waals surface area contributed by atoms with Crippen molar-refractivity contribution in [2.75, 3.05) is 0 Å². The van der Waals surface area contributed by atoms with Gasteiger partial charge < -0.3 is 0 Å². The Hall–Kier alpha value is 0.0400. The van der Waals surface area contributed by atoms with Crippen LogP contribution < -0.4 is 0 Å². The van der Waals surface area contributed by atoms with Gasteiger partial charge in [0.1, 0.15) is 0 Å². The molecule has 7 heteroatoms. The van der Waals surface area contributed by atoms with Crippen molar-refractivity contribution in [1.82, 2.24) is 0 Å². The maximum Gasteiger partial charge on any atom is 0.197 e. The van der Waals surface area contributed by atoms with Crippen LogP contribution >= 0.6 is 73.9 Å². The van der Waals surface area contributed by atoms with Gasteiger partial charge in [0.15, 0.2) is 5.78 Å². The van der Waals surface area contributed by atoms with Gasteiger partial charge in [0.25, 0.3) is 0 Å². The number of carbonyl (C=O) groups is 1. The minimum atomic E-state index is -0.426. The fourth-order valence-corrected chi connectivity index (χ4v) is 3.23. The third-order valence-electron chi connectivity index (χ3n) is 2.51. The zero-order valence-corrected chi connectivity index (χ0v) is 14.9. The lowest BCUT2D eigenvalue weighted by atomic mass is 10.0. The first-order valence-electron chi connectivity index (χ1n) is 5.15. The van der Waals surface area contributed by atoms with Gasteiger partial charge in [-0.15, -0.1) is 0 Å². The SMILES string of the molecule is O=C(c1cc(Br)ccc1Cl)c1c(Cl)cc(Cl)c(Cl)c1Cl. The van der Waals surface area contributed by atoms with E-state index in [2.05, 4.69) is 15.9 Å². The maximum atomic E-state index is 12.5. The molecule has 104 valence electrons. The van der Waals surface area contributed by atoms with Crippen LogP contribution in [0.3, 0.4) is 0 Å². The largest absolute Gasteiger partial charge is 0.288 e. The molecule has 0 aromatic heterocycles. The van der Waals surface area contributed by atoms with Gasteiger partial charge >= 0.3 is 0 Å². The number of halogens is 6. The fraction of sp³-hybridized carbons (Fsp3) is 0. The number of rotatable bonds is 2. The monoisotopic (exact) mass is 430 g/mol. The highest BCUT2D eigenvalue weighted by Gasteiger charge is 2.22. The molecule has 0 spiro atoms. The predicted molar refractivity (Wildman–Crippen MR) is 89.1 cm³/mol. The molecule has 0 fully saturated rings. The Kier molecular flexibility index (Phi) is 5.28. The smallest absolute Gasteiger partial charge is 0.197 e. The Bertz CT molecular complexity index is 714. The van der Waals surface area contributed by atoms with E-state index < -0.39 is 5.78 Å². The molecule has 0 unspecified atom stereocenters. The van der Waals surface area contributed by atoms with Crippen molar-refractivity contribution in [3.63, 3.8) is 0 Å². The molecule has 20 heavy (non-hydrogen) atoms. The summed E-state index contributed by atoms with van der Waals surface area (Å²) in [5.41, 5.74) is 0.339. The first-order valence-corrected chi connectivity index (χ1v) is 7.84. The van der Waals surface area contributed by atoms with Crippen LogP contribution in [0, 0.1) is 0 Å². The third-order valence-corrected chi connectivity index (χ3v) is 4.90. The van der Waals surface area contributed by atoms with Crippen molar-refractivity contribution in [3.05, 3.63) is 65.0 Å². The van der Waals surface area contributed by atoms with E-state index >= 15 is 0 Å². The highest BCUT2D eigenvalue weighted by Crippen LogP contribution is 2.39. The zero-order valence-electron chi connectivity index (χ0n) is 9.49. The molecule has 2 rings (SSSR count). The number of benzene rings is 2. The Morgan fingerprint density at radius 2 is 1.50 bits per heavy atom. The van der Waals surface area contributed by atoms with Crippen LogP contribution in [0.2, 0.25) is 25.1 Å². The van der Waals surface area contributed by atoms with Crippen LogP contribution in [0.4, 0.5) is 0 Å². The first kappa shape index (κ1) is 16.4. The van der Waals surface area contributed by atoms with E-state index in [1.54, 1.807) is 18.2 Å². The van der Waals surface area contributed by atoms with Crippen LogP contribution in [-0.2, 0) is 0 Å². The minimum absolute atomic E-state index is 0.00482. The van der Waals surface area contributed by atoms with Gasteiger partial charge in [0.2, 0.25) is 0 Å². The molecule has 0 radical (unpaired) electrons. The van der Waals surface area contributed by atoms with E-state index in [0.29, 0.717) is 4.47 Å². The summed E-state index contributed by atoms with van der Waals surface area (Å²) in [6, 6.07) is 6.27. The zero-order chi connectivity index (χ0) is 15.0. The normalized spacial score (nSPS) is 10.7. The molecular formula is C13H4BrCl5O. The summed E-state index contributed by atoms with van der Waals surface area (Å²) in [5.74, 6) is -0.426. The van der Waals surface area contributed by atoms with Gasteiger partial charge in [-0.3, -0.25) is 4.79 Å². The molecule has 2 aromatic rings. The molecule has 0 heterocycles. The van der Waals surface area contributed by atoms with Gasteiger partial charge in [-0.2, -0.15) is 0 Å². The number of ketones is 1. The molecule has 0 aliphatic rings. The lowest BCUT2D eigenvalue weighted by Crippen LogP contribution is -2.05. The quantitative estimate of drug-likeness (QED) is 0.285. The highest BCUT2D eigenvalue weighted by atomic mass is 79.9. The lowest BCUT2D eigenvalue weighted by Gasteiger charge is -2.10. The van der Waals surface area contributed by atoms with Crippen LogP contribution in [0.1, 0.15) is 15.9 Å². The Labute approximate surface area is 148 Å². The molecule has 0 bridgehead atoms. The number of carbonyl (C=O) groups excluding carboxylic acids is 1. The Balaban J connectivity index is 2.66. The summed E-state index contributed by atoms with van der Waals surface area (Å²) in [6.07, 6.45) is 0. The number of hydrogen-bond acceptors (Lipinski definition) is 1. The summed E-state index contributed by atoms with van der Waals surface area (Å²) in [5, 5.41) is 0.665. The van der Waals surface area contributed by atoms with Gasteiger partial charge in [0, 0.05) is 10.0 Å². The summed E-state index contributed by atoms with van der Waals surface area (Å²) in [6.45, 7) is 0. The van der Waals surface area contributed by atoms with Crippen molar-refractivity contribution < 1.29 is 4.79 Å². The standard InChI is InChI=1S/C13H4BrCl5O/c14-5-1-2-7(15)6(3-5)13(20)10-8(16)4-9(17)11(18)12(10)19/h1-4H. The summed E-state index contributed by atoms with van der Waals surface area (Å²) in [7, 11) is 0. The molecule has 2 aromatic carbocycles. The molecule has 0 aliphatic carbocycles. The Morgan fingerprint density at radius 3 is 2.15 bits per heavy atom. The summed E-state index contributed by atoms with van der Waals surface area (Å²) < 4.78 is 0.706. The van der Waals surface area contributed by atoms with Crippen molar-refractivity contribution in [1.29, 1.82) is 0 Å². The van der Waals surface area contributed by atoms with E-state index in [1.807, 2.05) is 0 Å². The summed E-state index contributed by atoms with van der Waals surface area (Å²) in [4.78, 5) is 12.5. The molecule has 1 nitrogen and oxygen atoms in total. The lowest BCUT2D eigenvalue weighted by molar-refractivity contribution is 0.103. The third kappa shape index (κ3) is 3.11. The van der Waals surface area contributed by atoms with Crippen LogP contribution in [-0.4, -0.2) is 5.78 Å². The molecule has 0 atom stereocenters. The number of hydrogen-bond donors (Lipinski definition) is 0. The molecule has 0 saturated heterocycles. The van der Waals surface area contributed by atoms with E-state index in [1.165, 1.54) is 6.07 Å². The first-order chi connectivity index (χ1) is 9.32. The molecule has 0 aliphatic heterocycles. The molecule has 0 N–H and O–H groups in total. The van der Waals surface area contributed by atoms with E-state index in [-0.39, 0.29) is 36.2 Å². The fourth-order valence-electron chi connectivity index (χ4n) is 1.58. The second-order valence-corrected chi connectivity index (χ2v) is 6.69. The average molecular weight is 433 g/mol. The van der Waals surface area contributed by atoms with E-state index in [4.69, 9.17) is 58.0 Å². The topological polar surface area (TPSA) is 17.1 Å². The minimum Gasteiger partial charge on any atom is -0.288 e. The van der Waals surface area contributed by atoms with Crippen molar-refractivity contribution in [3.8, 4) is 0 Å². The molecule has 0 amide bonds. The summed E-state index contributed by atoms with van der Waals surface area (Å²) >= 11 is 33.2. The second kappa shape index (κ2) is 6.43. The molecule has 0 saturated carbocycles. The van der Waals surface area contributed by atoms with E-state index in [0.717, 1.165) is 0 Å². The van der Waals surface area contributed by atoms with Gasteiger partial charge in [-0.25, -0.2) is 0 Å². The van der Waals surface area contributed by atoms with Gasteiger partial charge in [0.05, 0.1) is 30.7 Å². The average Bonchev–Trinajstić information content (AvgIpc) is 2.39. The van der Waals surface area contributed by atoms with Crippen molar-refractivity contribution in [2.45, 2.75) is 0 Å². The van der Waals surface area contributed by atoms with Gasteiger partial charge in [-0.1, -0.05) is 73.9 Å². The Morgan fingerprint density at radius 1 is 0.850 bits per heavy atom. The molecular weight excluding hydrogens is 429 g/mol. The predicted octanol–water partition coefficient (Wildman–Crippen LogP) is 6.95. The van der Waals surface area contributed by atoms with Crippen molar-refractivity contribution in [2.24, 2.45) is 0 Å². The maximum absolute atomic E-state index is 12.5. The van der Waals surface area contributed by atoms with Crippen molar-refractivity contribution >= 4 is 79.7 Å². The van der Waals surface area contributed by atoms with Gasteiger partial charge in [-0.05, 0) is 24.3 Å². The van der Waals surface area contributed by atoms with Crippen LogP contribution in [0.15, 0.2) is 28.7 Å². The van der Waals surface area contributed by atoms with Crippen LogP contribution in [0.5, 0.6) is 0 Å². The van der Waals surface area contributed by atoms with E-state index in [9.17, 15) is 4.79 Å². The second-order valence-electron chi connectivity index (χ2n) is 3.80. The van der Waals surface area contributed by atoms with Crippen LogP contribution in [0.25, 0.3) is 0 Å².